The van der Waals surface area contributed by atoms with E-state index >= 15 is 0 Å². The Morgan fingerprint density at radius 2 is 2.29 bits per heavy atom. The molecule has 0 aromatic rings. The van der Waals surface area contributed by atoms with Crippen molar-refractivity contribution in [3.63, 3.8) is 0 Å². The fraction of sp³-hybridized carbons (Fsp3) is 1.00. The molecule has 0 amide bonds. The normalized spacial score (nSPS) is 28.7. The molecule has 0 aromatic heterocycles. The van der Waals surface area contributed by atoms with E-state index in [9.17, 15) is 0 Å². The van der Waals surface area contributed by atoms with Crippen LogP contribution in [-0.2, 0) is 4.74 Å². The Labute approximate surface area is 92.2 Å². The van der Waals surface area contributed by atoms with Crippen molar-refractivity contribution < 1.29 is 4.74 Å². The van der Waals surface area contributed by atoms with Gasteiger partial charge in [0.25, 0.3) is 0 Å². The lowest BCUT2D eigenvalue weighted by Crippen LogP contribution is -2.45. The molecular weight excluding hydrogens is 194 g/mol. The van der Waals surface area contributed by atoms with Gasteiger partial charge in [-0.15, -0.1) is 0 Å². The third kappa shape index (κ3) is 4.20. The monoisotopic (exact) mass is 217 g/mol. The van der Waals surface area contributed by atoms with E-state index in [1.165, 1.54) is 0 Å². The molecule has 0 spiro atoms. The van der Waals surface area contributed by atoms with E-state index in [1.54, 1.807) is 0 Å². The molecule has 0 aromatic carbocycles. The Kier molecular flexibility index (Phi) is 4.74. The number of hydrogen-bond donors (Lipinski definition) is 1. The summed E-state index contributed by atoms with van der Waals surface area (Å²) < 4.78 is 5.68. The van der Waals surface area contributed by atoms with E-state index in [0.29, 0.717) is 11.3 Å². The molecule has 0 saturated carbocycles. The second kappa shape index (κ2) is 5.38. The predicted molar refractivity (Wildman–Crippen MR) is 64.0 cm³/mol. The third-order valence-electron chi connectivity index (χ3n) is 2.79. The van der Waals surface area contributed by atoms with Gasteiger partial charge in [-0.2, -0.15) is 11.8 Å². The minimum atomic E-state index is 0.0680. The molecule has 1 fully saturated rings. The van der Waals surface area contributed by atoms with E-state index in [1.807, 2.05) is 11.8 Å². The molecule has 0 radical (unpaired) electrons. The van der Waals surface area contributed by atoms with Crippen LogP contribution in [0.15, 0.2) is 0 Å². The van der Waals surface area contributed by atoms with Crippen molar-refractivity contribution in [3.05, 3.63) is 0 Å². The smallest absolute Gasteiger partial charge is 0.0641 e. The van der Waals surface area contributed by atoms with Crippen molar-refractivity contribution in [1.82, 2.24) is 5.32 Å². The van der Waals surface area contributed by atoms with Crippen LogP contribution < -0.4 is 5.32 Å². The average Bonchev–Trinajstić information content (AvgIpc) is 2.12. The summed E-state index contributed by atoms with van der Waals surface area (Å²) in [6.07, 6.45) is 4.46. The molecule has 1 heterocycles. The molecule has 1 aliphatic rings. The highest BCUT2D eigenvalue weighted by molar-refractivity contribution is 7.99. The second-order valence-electron chi connectivity index (χ2n) is 4.75. The molecule has 14 heavy (non-hydrogen) atoms. The molecule has 1 aliphatic heterocycles. The Bertz CT molecular complexity index is 173. The first kappa shape index (κ1) is 12.3. The summed E-state index contributed by atoms with van der Waals surface area (Å²) in [5, 5.41) is 4.34. The van der Waals surface area contributed by atoms with Gasteiger partial charge in [-0.05, 0) is 32.9 Å². The van der Waals surface area contributed by atoms with Gasteiger partial charge in [0.2, 0.25) is 0 Å². The van der Waals surface area contributed by atoms with Crippen molar-refractivity contribution >= 4 is 11.8 Å². The maximum Gasteiger partial charge on any atom is 0.0641 e. The molecule has 3 heteroatoms. The van der Waals surface area contributed by atoms with E-state index in [0.717, 1.165) is 26.0 Å². The highest BCUT2D eigenvalue weighted by atomic mass is 32.2. The van der Waals surface area contributed by atoms with Crippen LogP contribution in [0.5, 0.6) is 0 Å². The van der Waals surface area contributed by atoms with E-state index in [4.69, 9.17) is 4.74 Å². The van der Waals surface area contributed by atoms with Crippen molar-refractivity contribution in [2.75, 3.05) is 19.4 Å². The summed E-state index contributed by atoms with van der Waals surface area (Å²) in [5.41, 5.74) is 0.0680. The summed E-state index contributed by atoms with van der Waals surface area (Å²) in [4.78, 5) is 0. The Morgan fingerprint density at radius 3 is 2.86 bits per heavy atom. The number of nitrogens with one attached hydrogen (secondary N) is 1. The van der Waals surface area contributed by atoms with E-state index in [2.05, 4.69) is 32.3 Å². The Hall–Kier alpha value is 0.270. The lowest BCUT2D eigenvalue weighted by Gasteiger charge is -2.36. The van der Waals surface area contributed by atoms with Crippen molar-refractivity contribution in [2.24, 2.45) is 0 Å². The molecule has 1 N–H and O–H groups in total. The maximum atomic E-state index is 5.68. The first-order valence-electron chi connectivity index (χ1n) is 5.43. The highest BCUT2D eigenvalue weighted by Crippen LogP contribution is 2.23. The Morgan fingerprint density at radius 1 is 1.57 bits per heavy atom. The molecule has 1 saturated heterocycles. The first-order chi connectivity index (χ1) is 6.53. The predicted octanol–water partition coefficient (Wildman–Crippen LogP) is 2.29. The van der Waals surface area contributed by atoms with Gasteiger partial charge in [0, 0.05) is 24.4 Å². The van der Waals surface area contributed by atoms with E-state index in [-0.39, 0.29) is 5.60 Å². The number of ether oxygens (including phenoxy) is 1. The zero-order chi connectivity index (χ0) is 10.6. The highest BCUT2D eigenvalue weighted by Gasteiger charge is 2.28. The van der Waals surface area contributed by atoms with Gasteiger partial charge in [-0.1, -0.05) is 6.92 Å². The molecule has 2 unspecified atom stereocenters. The lowest BCUT2D eigenvalue weighted by molar-refractivity contribution is -0.0627. The van der Waals surface area contributed by atoms with Crippen LogP contribution in [0.3, 0.4) is 0 Å². The quantitative estimate of drug-likeness (QED) is 0.780. The van der Waals surface area contributed by atoms with Crippen LogP contribution >= 0.6 is 11.8 Å². The van der Waals surface area contributed by atoms with Crippen molar-refractivity contribution in [1.29, 1.82) is 0 Å². The van der Waals surface area contributed by atoms with Crippen LogP contribution in [0.25, 0.3) is 0 Å². The van der Waals surface area contributed by atoms with Crippen LogP contribution in [0.4, 0.5) is 0 Å². The molecule has 1 rings (SSSR count). The maximum absolute atomic E-state index is 5.68. The summed E-state index contributed by atoms with van der Waals surface area (Å²) in [6.45, 7) is 8.64. The zero-order valence-corrected chi connectivity index (χ0v) is 10.6. The second-order valence-corrected chi connectivity index (χ2v) is 6.03. The molecule has 0 aliphatic carbocycles. The molecule has 84 valence electrons. The molecule has 2 atom stereocenters. The summed E-state index contributed by atoms with van der Waals surface area (Å²) in [6, 6.07) is 0.647. The Balaban J connectivity index is 2.24. The largest absolute Gasteiger partial charge is 0.375 e. The lowest BCUT2D eigenvalue weighted by atomic mass is 9.94. The van der Waals surface area contributed by atoms with Gasteiger partial charge in [-0.25, -0.2) is 0 Å². The van der Waals surface area contributed by atoms with Crippen LogP contribution in [0, 0.1) is 0 Å². The molecular formula is C11H23NOS. The van der Waals surface area contributed by atoms with Crippen molar-refractivity contribution in [3.8, 4) is 0 Å². The summed E-state index contributed by atoms with van der Waals surface area (Å²) in [7, 11) is 0. The van der Waals surface area contributed by atoms with Gasteiger partial charge < -0.3 is 10.1 Å². The van der Waals surface area contributed by atoms with Gasteiger partial charge in [0.05, 0.1) is 5.60 Å². The standard InChI is InChI=1S/C11H23NOS/c1-9(14-4)8-12-10-5-6-13-11(2,3)7-10/h9-10,12H,5-8H2,1-4H3. The van der Waals surface area contributed by atoms with Gasteiger partial charge in [0.1, 0.15) is 0 Å². The summed E-state index contributed by atoms with van der Waals surface area (Å²) in [5.74, 6) is 0. The molecule has 2 nitrogen and oxygen atoms in total. The topological polar surface area (TPSA) is 21.3 Å². The van der Waals surface area contributed by atoms with Crippen molar-refractivity contribution in [2.45, 2.75) is 50.5 Å². The van der Waals surface area contributed by atoms with Gasteiger partial charge >= 0.3 is 0 Å². The molecule has 0 bridgehead atoms. The van der Waals surface area contributed by atoms with E-state index < -0.39 is 0 Å². The minimum Gasteiger partial charge on any atom is -0.375 e. The fourth-order valence-corrected chi connectivity index (χ4v) is 2.08. The fourth-order valence-electron chi connectivity index (χ4n) is 1.82. The van der Waals surface area contributed by atoms with Crippen LogP contribution in [0.2, 0.25) is 0 Å². The first-order valence-corrected chi connectivity index (χ1v) is 6.72. The SMILES string of the molecule is CSC(C)CNC1CCOC(C)(C)C1. The third-order valence-corrected chi connectivity index (χ3v) is 3.76. The van der Waals surface area contributed by atoms with Gasteiger partial charge in [-0.3, -0.25) is 0 Å². The number of hydrogen-bond acceptors (Lipinski definition) is 3. The van der Waals surface area contributed by atoms with Gasteiger partial charge in [0.15, 0.2) is 0 Å². The minimum absolute atomic E-state index is 0.0680. The number of thioether (sulfide) groups is 1. The average molecular weight is 217 g/mol. The zero-order valence-electron chi connectivity index (χ0n) is 9.80. The number of rotatable bonds is 4. The van der Waals surface area contributed by atoms with Crippen LogP contribution in [-0.4, -0.2) is 36.3 Å². The summed E-state index contributed by atoms with van der Waals surface area (Å²) >= 11 is 1.92. The van der Waals surface area contributed by atoms with Crippen LogP contribution in [0.1, 0.15) is 33.6 Å².